The quantitative estimate of drug-likeness (QED) is 0.438. The summed E-state index contributed by atoms with van der Waals surface area (Å²) in [5.74, 6) is -0.0499. The lowest BCUT2D eigenvalue weighted by molar-refractivity contribution is -0.158. The molecule has 0 spiro atoms. The van der Waals surface area contributed by atoms with Crippen molar-refractivity contribution in [3.63, 3.8) is 0 Å². The van der Waals surface area contributed by atoms with Crippen molar-refractivity contribution in [2.45, 2.75) is 93.6 Å². The number of halogens is 1. The summed E-state index contributed by atoms with van der Waals surface area (Å²) in [6.45, 7) is 9.41. The molecule has 0 radical (unpaired) electrons. The van der Waals surface area contributed by atoms with Gasteiger partial charge in [-0.25, -0.2) is 0 Å². The molecule has 1 rings (SSSR count). The van der Waals surface area contributed by atoms with Crippen LogP contribution in [0.4, 0.5) is 0 Å². The Morgan fingerprint density at radius 3 is 1.92 bits per heavy atom. The van der Waals surface area contributed by atoms with E-state index < -0.39 is 10.5 Å². The van der Waals surface area contributed by atoms with Gasteiger partial charge in [0.15, 0.2) is 0 Å². The average Bonchev–Trinajstić information content (AvgIpc) is 2.37. The maximum absolute atomic E-state index is 12.3. The first kappa shape index (κ1) is 31.5. The summed E-state index contributed by atoms with van der Waals surface area (Å²) in [5.41, 5.74) is 0.489. The zero-order valence-corrected chi connectivity index (χ0v) is 14.2. The normalized spacial score (nSPS) is 13.5. The number of esters is 1. The monoisotopic (exact) mass is 376 g/mol. The van der Waals surface area contributed by atoms with Crippen molar-refractivity contribution in [1.29, 1.82) is 0 Å². The van der Waals surface area contributed by atoms with Crippen LogP contribution in [0.3, 0.4) is 0 Å². The number of hydrogen-bond acceptors (Lipinski definition) is 3. The van der Waals surface area contributed by atoms with Crippen molar-refractivity contribution < 1.29 is 14.6 Å². The number of carbonyl (C=O) groups excluding carboxylic acids is 1. The summed E-state index contributed by atoms with van der Waals surface area (Å²) in [6.07, 6.45) is 0.997. The number of alkyl halides is 1. The molecule has 0 fully saturated rings. The molecule has 0 aliphatic heterocycles. The Labute approximate surface area is 161 Å². The number of carbonyl (C=O) groups is 1. The fraction of sp³-hybridized carbons (Fsp3) is 0.667. The summed E-state index contributed by atoms with van der Waals surface area (Å²) in [7, 11) is 0. The zero-order chi connectivity index (χ0) is 16.3. The predicted molar refractivity (Wildman–Crippen MR) is 113 cm³/mol. The van der Waals surface area contributed by atoms with Crippen LogP contribution in [-0.2, 0) is 9.53 Å². The van der Waals surface area contributed by atoms with Gasteiger partial charge in [-0.2, -0.15) is 0 Å². The Balaban J connectivity index is -0.000000551. The Kier molecular flexibility index (Phi) is 15.4. The fourth-order valence-electron chi connectivity index (χ4n) is 2.15. The molecule has 0 bridgehead atoms. The lowest BCUT2D eigenvalue weighted by Crippen LogP contribution is -2.39. The molecule has 25 heavy (non-hydrogen) atoms. The minimum atomic E-state index is -1.02. The number of benzene rings is 1. The van der Waals surface area contributed by atoms with Crippen molar-refractivity contribution >= 4 is 17.6 Å². The second kappa shape index (κ2) is 12.2. The third-order valence-corrected chi connectivity index (χ3v) is 3.99. The first-order valence-corrected chi connectivity index (χ1v) is 7.66. The van der Waals surface area contributed by atoms with Crippen molar-refractivity contribution in [1.82, 2.24) is 0 Å². The van der Waals surface area contributed by atoms with E-state index in [1.165, 1.54) is 0 Å². The van der Waals surface area contributed by atoms with Gasteiger partial charge < -0.3 is 9.84 Å². The maximum Gasteiger partial charge on any atom is 0.327 e. The van der Waals surface area contributed by atoms with E-state index in [4.69, 9.17) is 16.3 Å². The third-order valence-electron chi connectivity index (χ3n) is 3.42. The molecule has 0 aliphatic rings. The van der Waals surface area contributed by atoms with Crippen molar-refractivity contribution in [3.8, 4) is 5.75 Å². The van der Waals surface area contributed by atoms with Crippen LogP contribution in [0.25, 0.3) is 0 Å². The summed E-state index contributed by atoms with van der Waals surface area (Å²) in [4.78, 5) is 11.3. The van der Waals surface area contributed by atoms with Crippen LogP contribution in [-0.4, -0.2) is 21.6 Å². The molecule has 1 N–H and O–H groups in total. The molecule has 0 amide bonds. The maximum atomic E-state index is 12.3. The van der Waals surface area contributed by atoms with Crippen LogP contribution in [0.1, 0.15) is 88.6 Å². The van der Waals surface area contributed by atoms with Gasteiger partial charge in [-0.1, -0.05) is 55.7 Å². The second-order valence-corrected chi connectivity index (χ2v) is 7.24. The van der Waals surface area contributed by atoms with Crippen molar-refractivity contribution in [2.75, 3.05) is 0 Å². The van der Waals surface area contributed by atoms with Crippen LogP contribution < -0.4 is 0 Å². The van der Waals surface area contributed by atoms with E-state index in [1.807, 2.05) is 46.8 Å². The molecule has 0 aromatic heterocycles. The highest BCUT2D eigenvalue weighted by Gasteiger charge is 2.39. The summed E-state index contributed by atoms with van der Waals surface area (Å²) in [5, 5.41) is 9.33. The van der Waals surface area contributed by atoms with E-state index in [0.29, 0.717) is 12.8 Å². The zero-order valence-electron chi connectivity index (χ0n) is 13.4. The molecule has 150 valence electrons. The Morgan fingerprint density at radius 1 is 1.12 bits per heavy atom. The number of hydrogen-bond donors (Lipinski definition) is 1. The van der Waals surface area contributed by atoms with Gasteiger partial charge >= 0.3 is 5.97 Å². The van der Waals surface area contributed by atoms with Crippen molar-refractivity contribution in [3.05, 3.63) is 29.8 Å². The van der Waals surface area contributed by atoms with E-state index in [9.17, 15) is 9.90 Å². The molecule has 2 unspecified atom stereocenters. The van der Waals surface area contributed by atoms with E-state index >= 15 is 0 Å². The summed E-state index contributed by atoms with van der Waals surface area (Å²) in [6, 6.07) is 6.98. The van der Waals surface area contributed by atoms with Crippen LogP contribution in [0.5, 0.6) is 5.75 Å². The van der Waals surface area contributed by atoms with E-state index in [1.54, 1.807) is 12.1 Å². The van der Waals surface area contributed by atoms with Crippen LogP contribution in [0, 0.1) is 0 Å². The summed E-state index contributed by atoms with van der Waals surface area (Å²) >= 11 is 6.53. The number of phenols is 1. The molecule has 0 aliphatic carbocycles. The van der Waals surface area contributed by atoms with Gasteiger partial charge in [0.05, 0.1) is 0 Å². The lowest BCUT2D eigenvalue weighted by atomic mass is 9.88. The third kappa shape index (κ3) is 9.74. The Bertz CT molecular complexity index is 477. The molecule has 3 nitrogen and oxygen atoms in total. The largest absolute Gasteiger partial charge is 0.508 e. The second-order valence-electron chi connectivity index (χ2n) is 6.52. The number of phenolic OH excluding ortho intramolecular Hbond substituents is 1. The van der Waals surface area contributed by atoms with Gasteiger partial charge in [-0.3, -0.25) is 4.79 Å². The molecule has 0 saturated carbocycles. The van der Waals surface area contributed by atoms with E-state index in [0.717, 1.165) is 5.56 Å². The van der Waals surface area contributed by atoms with E-state index in [2.05, 4.69) is 0 Å². The van der Waals surface area contributed by atoms with Crippen molar-refractivity contribution in [2.24, 2.45) is 0 Å². The number of ether oxygens (including phenoxy) is 1. The molecule has 2 atom stereocenters. The molecule has 1 aromatic carbocycles. The van der Waals surface area contributed by atoms with Crippen LogP contribution >= 0.6 is 11.6 Å². The van der Waals surface area contributed by atoms with Gasteiger partial charge in [-0.05, 0) is 57.2 Å². The van der Waals surface area contributed by atoms with Crippen LogP contribution in [0.15, 0.2) is 24.3 Å². The smallest absolute Gasteiger partial charge is 0.327 e. The highest BCUT2D eigenvalue weighted by molar-refractivity contribution is 6.34. The first-order valence-electron chi connectivity index (χ1n) is 7.28. The van der Waals surface area contributed by atoms with E-state index in [-0.39, 0.29) is 47.3 Å². The number of aromatic hydroxyl groups is 1. The highest BCUT2D eigenvalue weighted by atomic mass is 35.5. The molecule has 1 aromatic rings. The SMILES string of the molecule is C.C.C.C.CCC(Cl)(CC(C)c1ccc(O)cc1)C(=O)OC(C)(C)C. The predicted octanol–water partition coefficient (Wildman–Crippen LogP) is 7.16. The molecular weight excluding hydrogens is 336 g/mol. The minimum absolute atomic E-state index is 0. The fourth-order valence-corrected chi connectivity index (χ4v) is 2.42. The first-order chi connectivity index (χ1) is 9.57. The Morgan fingerprint density at radius 2 is 1.56 bits per heavy atom. The van der Waals surface area contributed by atoms with Gasteiger partial charge in [-0.15, -0.1) is 11.6 Å². The van der Waals surface area contributed by atoms with Gasteiger partial charge in [0.2, 0.25) is 0 Å². The Hall–Kier alpha value is -1.22. The molecule has 0 heterocycles. The average molecular weight is 377 g/mol. The highest BCUT2D eigenvalue weighted by Crippen LogP contribution is 2.35. The molecule has 0 saturated heterocycles. The molecule has 4 heteroatoms. The van der Waals surface area contributed by atoms with Gasteiger partial charge in [0.25, 0.3) is 0 Å². The van der Waals surface area contributed by atoms with Crippen LogP contribution in [0.2, 0.25) is 0 Å². The standard InChI is InChI=1S/C17H25ClO3.4CH4/c1-6-17(18,15(20)21-16(3,4)5)11-12(2)13-7-9-14(19)10-8-13;;;;/h7-10,12,19H,6,11H2,1-5H3;4*1H4. The lowest BCUT2D eigenvalue weighted by Gasteiger charge is -2.30. The topological polar surface area (TPSA) is 46.5 Å². The number of rotatable bonds is 5. The van der Waals surface area contributed by atoms with Gasteiger partial charge in [0.1, 0.15) is 16.2 Å². The molecular formula is C21H41ClO3. The minimum Gasteiger partial charge on any atom is -0.508 e. The summed E-state index contributed by atoms with van der Waals surface area (Å²) < 4.78 is 5.44. The van der Waals surface area contributed by atoms with Gasteiger partial charge in [0, 0.05) is 0 Å².